The number of aryl methyl sites for hydroxylation is 1. The zero-order valence-corrected chi connectivity index (χ0v) is 12.4. The Bertz CT molecular complexity index is 457. The summed E-state index contributed by atoms with van der Waals surface area (Å²) >= 11 is 0. The van der Waals surface area contributed by atoms with Crippen LogP contribution in [-0.4, -0.2) is 42.0 Å². The van der Waals surface area contributed by atoms with Gasteiger partial charge in [0.05, 0.1) is 12.3 Å². The molecule has 1 rings (SSSR count). The van der Waals surface area contributed by atoms with E-state index in [1.165, 1.54) is 0 Å². The van der Waals surface area contributed by atoms with Crippen LogP contribution in [0.3, 0.4) is 0 Å². The Morgan fingerprint density at radius 2 is 2.11 bits per heavy atom. The van der Waals surface area contributed by atoms with Crippen molar-refractivity contribution in [3.05, 3.63) is 12.2 Å². The van der Waals surface area contributed by atoms with E-state index < -0.39 is 10.0 Å². The molecule has 0 spiro atoms. The number of nitrogens with one attached hydrogen (secondary N) is 2. The fraction of sp³-hybridized carbons (Fsp3) is 0.818. The lowest BCUT2D eigenvalue weighted by molar-refractivity contribution is 0.568. The summed E-state index contributed by atoms with van der Waals surface area (Å²) in [7, 11) is -3.23. The summed E-state index contributed by atoms with van der Waals surface area (Å²) in [6.07, 6.45) is 3.11. The van der Waals surface area contributed by atoms with Crippen molar-refractivity contribution >= 4 is 10.0 Å². The molecule has 110 valence electrons. The minimum Gasteiger partial charge on any atom is -0.317 e. The van der Waals surface area contributed by atoms with Crippen molar-refractivity contribution < 1.29 is 8.42 Å². The molecule has 0 radical (unpaired) electrons. The van der Waals surface area contributed by atoms with Crippen LogP contribution >= 0.6 is 0 Å². The summed E-state index contributed by atoms with van der Waals surface area (Å²) in [6.45, 7) is 6.69. The van der Waals surface area contributed by atoms with Gasteiger partial charge in [-0.3, -0.25) is 0 Å². The summed E-state index contributed by atoms with van der Waals surface area (Å²) in [5.41, 5.74) is 0. The van der Waals surface area contributed by atoms with Crippen molar-refractivity contribution in [1.82, 2.24) is 24.8 Å². The quantitative estimate of drug-likeness (QED) is 0.597. The van der Waals surface area contributed by atoms with Crippen LogP contribution in [0.4, 0.5) is 0 Å². The van der Waals surface area contributed by atoms with Gasteiger partial charge in [-0.15, -0.1) is 10.2 Å². The van der Waals surface area contributed by atoms with E-state index in [9.17, 15) is 8.42 Å². The predicted octanol–water partition coefficient (Wildman–Crippen LogP) is 0.107. The molecule has 7 nitrogen and oxygen atoms in total. The fourth-order valence-electron chi connectivity index (χ4n) is 1.65. The minimum absolute atomic E-state index is 0.151. The lowest BCUT2D eigenvalue weighted by Gasteiger charge is -2.07. The molecule has 0 aliphatic rings. The maximum atomic E-state index is 11.8. The van der Waals surface area contributed by atoms with Crippen LogP contribution in [0.5, 0.6) is 0 Å². The van der Waals surface area contributed by atoms with Gasteiger partial charge in [0, 0.05) is 6.54 Å². The third kappa shape index (κ3) is 6.13. The highest BCUT2D eigenvalue weighted by atomic mass is 32.2. The van der Waals surface area contributed by atoms with Crippen molar-refractivity contribution in [2.24, 2.45) is 0 Å². The van der Waals surface area contributed by atoms with Gasteiger partial charge in [0.15, 0.2) is 0 Å². The first-order valence-electron chi connectivity index (χ1n) is 6.63. The van der Waals surface area contributed by atoms with E-state index in [0.717, 1.165) is 26.1 Å². The van der Waals surface area contributed by atoms with Gasteiger partial charge in [-0.25, -0.2) is 13.1 Å². The first kappa shape index (κ1) is 16.1. The van der Waals surface area contributed by atoms with Gasteiger partial charge in [0.1, 0.15) is 12.2 Å². The second kappa shape index (κ2) is 8.23. The first-order chi connectivity index (χ1) is 9.09. The van der Waals surface area contributed by atoms with Gasteiger partial charge in [-0.1, -0.05) is 6.92 Å². The van der Waals surface area contributed by atoms with Crippen molar-refractivity contribution in [1.29, 1.82) is 0 Å². The van der Waals surface area contributed by atoms with Crippen LogP contribution in [-0.2, 0) is 23.1 Å². The molecule has 0 unspecified atom stereocenters. The molecule has 0 aliphatic heterocycles. The Morgan fingerprint density at radius 3 is 2.79 bits per heavy atom. The molecule has 0 atom stereocenters. The normalized spacial score (nSPS) is 11.9. The second-order valence-corrected chi connectivity index (χ2v) is 6.16. The lowest BCUT2D eigenvalue weighted by Crippen LogP contribution is -2.27. The van der Waals surface area contributed by atoms with Crippen LogP contribution in [0.1, 0.15) is 32.5 Å². The zero-order valence-electron chi connectivity index (χ0n) is 11.6. The molecule has 0 aromatic carbocycles. The summed E-state index contributed by atoms with van der Waals surface area (Å²) < 4.78 is 27.9. The van der Waals surface area contributed by atoms with Crippen LogP contribution in [0, 0.1) is 0 Å². The van der Waals surface area contributed by atoms with E-state index in [1.54, 1.807) is 6.33 Å². The van der Waals surface area contributed by atoms with Crippen LogP contribution in [0.25, 0.3) is 0 Å². The molecule has 1 heterocycles. The minimum atomic E-state index is -3.23. The average Bonchev–Trinajstić information content (AvgIpc) is 2.83. The SMILES string of the molecule is CCNCCCCS(=O)(=O)NCc1nncn1CC. The van der Waals surface area contributed by atoms with Crippen molar-refractivity contribution in [2.45, 2.75) is 39.8 Å². The predicted molar refractivity (Wildman–Crippen MR) is 74.1 cm³/mol. The zero-order chi connectivity index (χ0) is 14.1. The highest BCUT2D eigenvalue weighted by molar-refractivity contribution is 7.89. The standard InChI is InChI=1S/C11H23N5O2S/c1-3-12-7-5-6-8-19(17,18)14-9-11-15-13-10-16(11)4-2/h10,12,14H,3-9H2,1-2H3. The van der Waals surface area contributed by atoms with E-state index in [-0.39, 0.29) is 12.3 Å². The van der Waals surface area contributed by atoms with Crippen LogP contribution < -0.4 is 10.0 Å². The van der Waals surface area contributed by atoms with Gasteiger partial charge < -0.3 is 9.88 Å². The second-order valence-electron chi connectivity index (χ2n) is 4.23. The molecular formula is C11H23N5O2S. The molecule has 0 bridgehead atoms. The smallest absolute Gasteiger partial charge is 0.212 e. The Kier molecular flexibility index (Phi) is 6.96. The average molecular weight is 289 g/mol. The number of sulfonamides is 1. The van der Waals surface area contributed by atoms with Crippen molar-refractivity contribution in [3.63, 3.8) is 0 Å². The molecule has 0 amide bonds. The van der Waals surface area contributed by atoms with Crippen LogP contribution in [0.2, 0.25) is 0 Å². The van der Waals surface area contributed by atoms with E-state index in [2.05, 4.69) is 20.2 Å². The molecule has 0 saturated heterocycles. The molecule has 0 fully saturated rings. The van der Waals surface area contributed by atoms with Gasteiger partial charge >= 0.3 is 0 Å². The Balaban J connectivity index is 2.30. The maximum Gasteiger partial charge on any atom is 0.212 e. The maximum absolute atomic E-state index is 11.8. The van der Waals surface area contributed by atoms with Gasteiger partial charge in [0.2, 0.25) is 10.0 Å². The Labute approximate surface area is 114 Å². The Morgan fingerprint density at radius 1 is 1.32 bits per heavy atom. The summed E-state index contributed by atoms with van der Waals surface area (Å²) in [6, 6.07) is 0. The van der Waals surface area contributed by atoms with E-state index in [1.807, 2.05) is 18.4 Å². The third-order valence-electron chi connectivity index (χ3n) is 2.75. The lowest BCUT2D eigenvalue weighted by atomic mass is 10.3. The highest BCUT2D eigenvalue weighted by Crippen LogP contribution is 1.98. The highest BCUT2D eigenvalue weighted by Gasteiger charge is 2.11. The number of hydrogen-bond donors (Lipinski definition) is 2. The number of hydrogen-bond acceptors (Lipinski definition) is 5. The monoisotopic (exact) mass is 289 g/mol. The molecule has 1 aromatic heterocycles. The topological polar surface area (TPSA) is 88.9 Å². The molecule has 2 N–H and O–H groups in total. The Hall–Kier alpha value is -0.990. The third-order valence-corrected chi connectivity index (χ3v) is 4.16. The number of nitrogens with zero attached hydrogens (tertiary/aromatic N) is 3. The summed E-state index contributed by atoms with van der Waals surface area (Å²) in [5, 5.41) is 10.8. The summed E-state index contributed by atoms with van der Waals surface area (Å²) in [4.78, 5) is 0. The fourth-order valence-corrected chi connectivity index (χ4v) is 2.72. The number of rotatable bonds is 10. The molecular weight excluding hydrogens is 266 g/mol. The van der Waals surface area contributed by atoms with E-state index in [4.69, 9.17) is 0 Å². The molecule has 0 saturated carbocycles. The van der Waals surface area contributed by atoms with Crippen molar-refractivity contribution in [2.75, 3.05) is 18.8 Å². The van der Waals surface area contributed by atoms with Crippen LogP contribution in [0.15, 0.2) is 6.33 Å². The van der Waals surface area contributed by atoms with Gasteiger partial charge in [0.25, 0.3) is 0 Å². The van der Waals surface area contributed by atoms with Crippen molar-refractivity contribution in [3.8, 4) is 0 Å². The molecule has 19 heavy (non-hydrogen) atoms. The molecule has 1 aromatic rings. The molecule has 8 heteroatoms. The first-order valence-corrected chi connectivity index (χ1v) is 8.29. The van der Waals surface area contributed by atoms with E-state index >= 15 is 0 Å². The number of unbranched alkanes of at least 4 members (excludes halogenated alkanes) is 1. The number of aromatic nitrogens is 3. The largest absolute Gasteiger partial charge is 0.317 e. The van der Waals surface area contributed by atoms with Gasteiger partial charge in [-0.05, 0) is 32.9 Å². The summed E-state index contributed by atoms with van der Waals surface area (Å²) in [5.74, 6) is 0.789. The van der Waals surface area contributed by atoms with E-state index in [0.29, 0.717) is 12.2 Å². The van der Waals surface area contributed by atoms with Gasteiger partial charge in [-0.2, -0.15) is 0 Å². The molecule has 0 aliphatic carbocycles.